The number of para-hydroxylation sites is 1. The molecule has 0 aliphatic rings. The van der Waals surface area contributed by atoms with E-state index in [9.17, 15) is 4.79 Å². The van der Waals surface area contributed by atoms with Gasteiger partial charge < -0.3 is 19.5 Å². The van der Waals surface area contributed by atoms with E-state index in [1.165, 1.54) is 0 Å². The molecule has 0 saturated heterocycles. The van der Waals surface area contributed by atoms with E-state index in [1.54, 1.807) is 50.7 Å². The predicted octanol–water partition coefficient (Wildman–Crippen LogP) is 2.75. The molecule has 1 amide bonds. The minimum Gasteiger partial charge on any atom is -0.493 e. The number of nitrogens with one attached hydrogen (secondary N) is 1. The molecule has 0 saturated carbocycles. The number of nitrogens with zero attached hydrogens (tertiary/aromatic N) is 1. The third-order valence-electron chi connectivity index (χ3n) is 3.00. The smallest absolute Gasteiger partial charge is 0.235 e. The van der Waals surface area contributed by atoms with Crippen LogP contribution in [0.5, 0.6) is 23.1 Å². The summed E-state index contributed by atoms with van der Waals surface area (Å²) in [6.45, 7) is 0.358. The van der Waals surface area contributed by atoms with Gasteiger partial charge in [0, 0.05) is 18.8 Å². The fourth-order valence-corrected chi connectivity index (χ4v) is 1.94. The number of aromatic nitrogens is 1. The van der Waals surface area contributed by atoms with Crippen molar-refractivity contribution < 1.29 is 19.0 Å². The van der Waals surface area contributed by atoms with Crippen molar-refractivity contribution in [2.24, 2.45) is 0 Å². The SMILES string of the molecule is COc1cccc(OC)c1Oc1ccc(CNC(=O)CCl)cn1. The van der Waals surface area contributed by atoms with Crippen molar-refractivity contribution in [3.05, 3.63) is 42.1 Å². The van der Waals surface area contributed by atoms with Crippen LogP contribution in [0, 0.1) is 0 Å². The molecule has 1 aromatic carbocycles. The van der Waals surface area contributed by atoms with Gasteiger partial charge in [0.1, 0.15) is 5.88 Å². The summed E-state index contributed by atoms with van der Waals surface area (Å²) in [7, 11) is 3.11. The summed E-state index contributed by atoms with van der Waals surface area (Å²) < 4.78 is 16.3. The summed E-state index contributed by atoms with van der Waals surface area (Å²) in [5.74, 6) is 1.63. The number of alkyl halides is 1. The van der Waals surface area contributed by atoms with Crippen LogP contribution in [0.15, 0.2) is 36.5 Å². The summed E-state index contributed by atoms with van der Waals surface area (Å²) in [6.07, 6.45) is 1.62. The highest BCUT2D eigenvalue weighted by atomic mass is 35.5. The number of halogens is 1. The van der Waals surface area contributed by atoms with E-state index in [-0.39, 0.29) is 11.8 Å². The molecule has 0 fully saturated rings. The van der Waals surface area contributed by atoms with Gasteiger partial charge in [0.05, 0.1) is 14.2 Å². The van der Waals surface area contributed by atoms with Gasteiger partial charge in [0.2, 0.25) is 17.5 Å². The third kappa shape index (κ3) is 4.50. The van der Waals surface area contributed by atoms with Crippen molar-refractivity contribution in [2.45, 2.75) is 6.54 Å². The number of methoxy groups -OCH3 is 2. The van der Waals surface area contributed by atoms with E-state index in [4.69, 9.17) is 25.8 Å². The number of rotatable bonds is 7. The monoisotopic (exact) mass is 336 g/mol. The quantitative estimate of drug-likeness (QED) is 0.787. The largest absolute Gasteiger partial charge is 0.493 e. The number of benzene rings is 1. The topological polar surface area (TPSA) is 69.7 Å². The molecule has 0 unspecified atom stereocenters. The predicted molar refractivity (Wildman–Crippen MR) is 86.4 cm³/mol. The molecule has 0 spiro atoms. The molecule has 122 valence electrons. The van der Waals surface area contributed by atoms with E-state index in [1.807, 2.05) is 0 Å². The molecule has 23 heavy (non-hydrogen) atoms. The Morgan fingerprint density at radius 1 is 1.17 bits per heavy atom. The second kappa shape index (κ2) is 8.24. The van der Waals surface area contributed by atoms with Crippen LogP contribution in [0.4, 0.5) is 0 Å². The maximum atomic E-state index is 11.1. The fraction of sp³-hybridized carbons (Fsp3) is 0.250. The Bertz CT molecular complexity index is 639. The van der Waals surface area contributed by atoms with Crippen molar-refractivity contribution in [3.63, 3.8) is 0 Å². The molecule has 0 radical (unpaired) electrons. The average Bonchev–Trinajstić information content (AvgIpc) is 2.60. The van der Waals surface area contributed by atoms with Gasteiger partial charge in [-0.05, 0) is 17.7 Å². The lowest BCUT2D eigenvalue weighted by atomic mass is 10.2. The maximum Gasteiger partial charge on any atom is 0.235 e. The van der Waals surface area contributed by atoms with E-state index in [0.717, 1.165) is 5.56 Å². The van der Waals surface area contributed by atoms with Crippen molar-refractivity contribution in [3.8, 4) is 23.1 Å². The van der Waals surface area contributed by atoms with Crippen LogP contribution in [-0.2, 0) is 11.3 Å². The summed E-state index contributed by atoms with van der Waals surface area (Å²) in [5.41, 5.74) is 0.836. The van der Waals surface area contributed by atoms with Gasteiger partial charge in [0.15, 0.2) is 11.5 Å². The number of carbonyl (C=O) groups is 1. The Hall–Kier alpha value is -2.47. The Labute approximate surface area is 139 Å². The van der Waals surface area contributed by atoms with Crippen LogP contribution in [0.3, 0.4) is 0 Å². The molecule has 1 N–H and O–H groups in total. The van der Waals surface area contributed by atoms with Crippen LogP contribution < -0.4 is 19.5 Å². The van der Waals surface area contributed by atoms with Crippen molar-refractivity contribution in [1.82, 2.24) is 10.3 Å². The van der Waals surface area contributed by atoms with Crippen LogP contribution in [0.2, 0.25) is 0 Å². The van der Waals surface area contributed by atoms with Crippen LogP contribution >= 0.6 is 11.6 Å². The molecular formula is C16H17ClN2O4. The van der Waals surface area contributed by atoms with Crippen molar-refractivity contribution >= 4 is 17.5 Å². The Morgan fingerprint density at radius 3 is 2.39 bits per heavy atom. The molecule has 1 heterocycles. The minimum absolute atomic E-state index is 0.0672. The molecule has 1 aromatic heterocycles. The number of hydrogen-bond acceptors (Lipinski definition) is 5. The second-order valence-electron chi connectivity index (χ2n) is 4.51. The normalized spacial score (nSPS) is 10.0. The third-order valence-corrected chi connectivity index (χ3v) is 3.24. The molecule has 6 nitrogen and oxygen atoms in total. The number of carbonyl (C=O) groups excluding carboxylic acids is 1. The van der Waals surface area contributed by atoms with Gasteiger partial charge in [-0.3, -0.25) is 4.79 Å². The summed E-state index contributed by atoms with van der Waals surface area (Å²) >= 11 is 5.42. The highest BCUT2D eigenvalue weighted by Gasteiger charge is 2.13. The fourth-order valence-electron chi connectivity index (χ4n) is 1.85. The van der Waals surface area contributed by atoms with Gasteiger partial charge in [0.25, 0.3) is 0 Å². The number of hydrogen-bond donors (Lipinski definition) is 1. The first-order valence-corrected chi connectivity index (χ1v) is 7.37. The van der Waals surface area contributed by atoms with Crippen LogP contribution in [0.25, 0.3) is 0 Å². The van der Waals surface area contributed by atoms with E-state index >= 15 is 0 Å². The number of ether oxygens (including phenoxy) is 3. The van der Waals surface area contributed by atoms with E-state index < -0.39 is 0 Å². The minimum atomic E-state index is -0.231. The van der Waals surface area contributed by atoms with E-state index in [0.29, 0.717) is 29.7 Å². The summed E-state index contributed by atoms with van der Waals surface area (Å²) in [5, 5.41) is 2.66. The molecule has 0 bridgehead atoms. The van der Waals surface area contributed by atoms with Gasteiger partial charge >= 0.3 is 0 Å². The Kier molecular flexibility index (Phi) is 6.05. The Balaban J connectivity index is 2.11. The number of pyridine rings is 1. The van der Waals surface area contributed by atoms with Gasteiger partial charge in [-0.1, -0.05) is 12.1 Å². The lowest BCUT2D eigenvalue weighted by molar-refractivity contribution is -0.118. The molecule has 2 aromatic rings. The zero-order chi connectivity index (χ0) is 16.7. The average molecular weight is 337 g/mol. The molecular weight excluding hydrogens is 320 g/mol. The van der Waals surface area contributed by atoms with E-state index in [2.05, 4.69) is 10.3 Å². The first kappa shape index (κ1) is 16.9. The molecule has 2 rings (SSSR count). The Morgan fingerprint density at radius 2 is 1.87 bits per heavy atom. The van der Waals surface area contributed by atoms with Crippen LogP contribution in [-0.4, -0.2) is 31.0 Å². The van der Waals surface area contributed by atoms with Crippen LogP contribution in [0.1, 0.15) is 5.56 Å². The summed E-state index contributed by atoms with van der Waals surface area (Å²) in [4.78, 5) is 15.3. The lowest BCUT2D eigenvalue weighted by Gasteiger charge is -2.13. The second-order valence-corrected chi connectivity index (χ2v) is 4.78. The van der Waals surface area contributed by atoms with Gasteiger partial charge in [-0.2, -0.15) is 0 Å². The number of amides is 1. The van der Waals surface area contributed by atoms with Gasteiger partial charge in [-0.25, -0.2) is 4.98 Å². The van der Waals surface area contributed by atoms with Crippen molar-refractivity contribution in [2.75, 3.05) is 20.1 Å². The zero-order valence-corrected chi connectivity index (χ0v) is 13.6. The highest BCUT2D eigenvalue weighted by molar-refractivity contribution is 6.27. The molecule has 7 heteroatoms. The maximum absolute atomic E-state index is 11.1. The zero-order valence-electron chi connectivity index (χ0n) is 12.8. The summed E-state index contributed by atoms with van der Waals surface area (Å²) in [6, 6.07) is 8.86. The molecule has 0 atom stereocenters. The highest BCUT2D eigenvalue weighted by Crippen LogP contribution is 2.39. The van der Waals surface area contributed by atoms with Gasteiger partial charge in [-0.15, -0.1) is 11.6 Å². The standard InChI is InChI=1S/C16H17ClN2O4/c1-21-12-4-3-5-13(22-2)16(12)23-15-7-6-11(10-19-15)9-18-14(20)8-17/h3-7,10H,8-9H2,1-2H3,(H,18,20). The molecule has 0 aliphatic heterocycles. The first-order chi connectivity index (χ1) is 11.2. The first-order valence-electron chi connectivity index (χ1n) is 6.84. The molecule has 0 aliphatic carbocycles. The lowest BCUT2D eigenvalue weighted by Crippen LogP contribution is -2.23. The van der Waals surface area contributed by atoms with Crippen molar-refractivity contribution in [1.29, 1.82) is 0 Å².